The van der Waals surface area contributed by atoms with Crippen LogP contribution in [0.1, 0.15) is 30.1 Å². The van der Waals surface area contributed by atoms with E-state index in [9.17, 15) is 0 Å². The lowest BCUT2D eigenvalue weighted by molar-refractivity contribution is 0.186. The molecule has 0 radical (unpaired) electrons. The van der Waals surface area contributed by atoms with E-state index in [1.54, 1.807) is 12.4 Å². The number of nitrogen functional groups attached to an aromatic ring is 1. The number of piperidine rings is 1. The molecule has 5 rings (SSSR count). The second-order valence-electron chi connectivity index (χ2n) is 7.87. The second-order valence-corrected chi connectivity index (χ2v) is 9.31. The molecular formula is C21H25Cl4N7S. The Hall–Kier alpha value is -1.55. The highest BCUT2D eigenvalue weighted by atomic mass is 35.5. The Morgan fingerprint density at radius 3 is 2.42 bits per heavy atom. The molecule has 4 N–H and O–H groups in total. The lowest BCUT2D eigenvalue weighted by atomic mass is 9.73. The molecule has 0 bridgehead atoms. The van der Waals surface area contributed by atoms with Crippen molar-refractivity contribution in [1.29, 1.82) is 0 Å². The molecule has 1 fully saturated rings. The standard InChI is InChI=1S/C21H22ClN7S.3ClH/c22-18-15(3-7-26-20(18)24)30-17-12-27-16(11-28-17)29-8-4-21(5-9-29)10-14-13(19(21)23)2-1-6-25-14;;;/h1-3,6-7,11-12,19H,4-5,8-10,23H2,(H2,24,26);3*1H/t19-;;;/m1.../s1. The normalized spacial score (nSPS) is 18.0. The summed E-state index contributed by atoms with van der Waals surface area (Å²) in [6.45, 7) is 1.82. The van der Waals surface area contributed by atoms with Crippen LogP contribution in [-0.2, 0) is 6.42 Å². The zero-order valence-electron chi connectivity index (χ0n) is 17.6. The summed E-state index contributed by atoms with van der Waals surface area (Å²) in [6, 6.07) is 5.99. The summed E-state index contributed by atoms with van der Waals surface area (Å²) >= 11 is 7.65. The molecule has 3 aromatic rings. The summed E-state index contributed by atoms with van der Waals surface area (Å²) in [6.07, 6.45) is 10.1. The molecular weight excluding hydrogens is 524 g/mol. The van der Waals surface area contributed by atoms with Gasteiger partial charge in [0, 0.05) is 42.1 Å². The lowest BCUT2D eigenvalue weighted by Crippen LogP contribution is -2.44. The van der Waals surface area contributed by atoms with Crippen LogP contribution in [-0.4, -0.2) is 33.0 Å². The van der Waals surface area contributed by atoms with Crippen molar-refractivity contribution < 1.29 is 0 Å². The third-order valence-electron chi connectivity index (χ3n) is 6.23. The number of pyridine rings is 2. The number of anilines is 2. The third-order valence-corrected chi connectivity index (χ3v) is 7.72. The number of hydrogen-bond acceptors (Lipinski definition) is 8. The number of rotatable bonds is 3. The zero-order chi connectivity index (χ0) is 20.7. The molecule has 7 nitrogen and oxygen atoms in total. The summed E-state index contributed by atoms with van der Waals surface area (Å²) in [5.74, 6) is 1.20. The quantitative estimate of drug-likeness (QED) is 0.482. The van der Waals surface area contributed by atoms with Crippen LogP contribution in [0.3, 0.4) is 0 Å². The molecule has 1 saturated heterocycles. The summed E-state index contributed by atoms with van der Waals surface area (Å²) in [7, 11) is 0. The average molecular weight is 549 g/mol. The predicted molar refractivity (Wildman–Crippen MR) is 140 cm³/mol. The van der Waals surface area contributed by atoms with Gasteiger partial charge in [-0.2, -0.15) is 0 Å². The number of halogens is 4. The average Bonchev–Trinajstić information content (AvgIpc) is 3.04. The lowest BCUT2D eigenvalue weighted by Gasteiger charge is -2.42. The van der Waals surface area contributed by atoms with E-state index in [1.807, 2.05) is 24.5 Å². The number of fused-ring (bicyclic) bond motifs is 1. The van der Waals surface area contributed by atoms with Gasteiger partial charge >= 0.3 is 0 Å². The Bertz CT molecular complexity index is 1080. The van der Waals surface area contributed by atoms with Crippen molar-refractivity contribution in [2.24, 2.45) is 11.1 Å². The Labute approximate surface area is 220 Å². The van der Waals surface area contributed by atoms with E-state index in [4.69, 9.17) is 23.1 Å². The van der Waals surface area contributed by atoms with Crippen molar-refractivity contribution in [3.63, 3.8) is 0 Å². The van der Waals surface area contributed by atoms with Gasteiger partial charge in [-0.05, 0) is 42.4 Å². The summed E-state index contributed by atoms with van der Waals surface area (Å²) in [4.78, 5) is 20.8. The molecule has 0 aromatic carbocycles. The maximum atomic E-state index is 6.64. The first-order valence-electron chi connectivity index (χ1n) is 9.90. The molecule has 1 spiro atoms. The Morgan fingerprint density at radius 1 is 1.00 bits per heavy atom. The van der Waals surface area contributed by atoms with Crippen molar-refractivity contribution in [3.05, 3.63) is 59.3 Å². The topological polar surface area (TPSA) is 107 Å². The van der Waals surface area contributed by atoms with Crippen LogP contribution in [0.15, 0.2) is 52.9 Å². The van der Waals surface area contributed by atoms with Crippen LogP contribution in [0.5, 0.6) is 0 Å². The monoisotopic (exact) mass is 547 g/mol. The summed E-state index contributed by atoms with van der Waals surface area (Å²) in [5, 5.41) is 1.21. The van der Waals surface area contributed by atoms with Gasteiger partial charge < -0.3 is 16.4 Å². The minimum Gasteiger partial charge on any atom is -0.382 e. The molecule has 0 unspecified atom stereocenters. The van der Waals surface area contributed by atoms with Crippen molar-refractivity contribution in [1.82, 2.24) is 19.9 Å². The minimum absolute atomic E-state index is 0. The van der Waals surface area contributed by atoms with Gasteiger partial charge in [0.15, 0.2) is 0 Å². The van der Waals surface area contributed by atoms with Crippen LogP contribution in [0.25, 0.3) is 0 Å². The van der Waals surface area contributed by atoms with Gasteiger partial charge in [0.1, 0.15) is 16.7 Å². The molecule has 4 heterocycles. The third kappa shape index (κ3) is 5.26. The fraction of sp³-hybridized carbons (Fsp3) is 0.333. The summed E-state index contributed by atoms with van der Waals surface area (Å²) in [5.41, 5.74) is 14.9. The van der Waals surface area contributed by atoms with Crippen molar-refractivity contribution >= 4 is 72.2 Å². The number of hydrogen-bond donors (Lipinski definition) is 2. The van der Waals surface area contributed by atoms with Crippen molar-refractivity contribution in [2.75, 3.05) is 23.7 Å². The summed E-state index contributed by atoms with van der Waals surface area (Å²) < 4.78 is 0. The molecule has 178 valence electrons. The van der Waals surface area contributed by atoms with Crippen LogP contribution in [0.4, 0.5) is 11.6 Å². The smallest absolute Gasteiger partial charge is 0.147 e. The first kappa shape index (κ1) is 27.7. The molecule has 33 heavy (non-hydrogen) atoms. The number of aromatic nitrogens is 4. The highest BCUT2D eigenvalue weighted by Gasteiger charge is 2.46. The second kappa shape index (κ2) is 11.3. The van der Waals surface area contributed by atoms with Crippen LogP contribution in [0.2, 0.25) is 5.02 Å². The van der Waals surface area contributed by atoms with Gasteiger partial charge in [-0.25, -0.2) is 15.0 Å². The largest absolute Gasteiger partial charge is 0.382 e. The van der Waals surface area contributed by atoms with Gasteiger partial charge in [0.25, 0.3) is 0 Å². The molecule has 1 aliphatic heterocycles. The van der Waals surface area contributed by atoms with Gasteiger partial charge in [-0.1, -0.05) is 29.4 Å². The van der Waals surface area contributed by atoms with Gasteiger partial charge in [-0.3, -0.25) is 4.98 Å². The maximum absolute atomic E-state index is 6.64. The minimum atomic E-state index is 0. The Balaban J connectivity index is 0.00000128. The van der Waals surface area contributed by atoms with E-state index in [1.165, 1.54) is 17.3 Å². The molecule has 1 atom stereocenters. The van der Waals surface area contributed by atoms with E-state index in [0.717, 1.165) is 53.8 Å². The van der Waals surface area contributed by atoms with E-state index >= 15 is 0 Å². The van der Waals surface area contributed by atoms with E-state index < -0.39 is 0 Å². The zero-order valence-corrected chi connectivity index (χ0v) is 21.6. The molecule has 1 aliphatic carbocycles. The Morgan fingerprint density at radius 2 is 1.76 bits per heavy atom. The fourth-order valence-corrected chi connectivity index (χ4v) is 5.47. The fourth-order valence-electron chi connectivity index (χ4n) is 4.48. The van der Waals surface area contributed by atoms with Gasteiger partial charge in [0.05, 0.1) is 17.4 Å². The molecule has 0 amide bonds. The maximum Gasteiger partial charge on any atom is 0.147 e. The molecule has 3 aromatic heterocycles. The SMILES string of the molecule is Cl.Cl.Cl.Nc1nccc(Sc2cnc(N3CCC4(CC3)Cc3ncccc3[C@H]4N)cn2)c1Cl. The number of nitrogens with two attached hydrogens (primary N) is 2. The first-order chi connectivity index (χ1) is 14.6. The number of nitrogens with zero attached hydrogens (tertiary/aromatic N) is 5. The predicted octanol–water partition coefficient (Wildman–Crippen LogP) is 4.76. The Kier molecular flexibility index (Phi) is 9.44. The molecule has 0 saturated carbocycles. The van der Waals surface area contributed by atoms with Gasteiger partial charge in [0.2, 0.25) is 0 Å². The van der Waals surface area contributed by atoms with Crippen molar-refractivity contribution in [3.8, 4) is 0 Å². The van der Waals surface area contributed by atoms with E-state index in [2.05, 4.69) is 30.9 Å². The van der Waals surface area contributed by atoms with Crippen molar-refractivity contribution in [2.45, 2.75) is 35.2 Å². The van der Waals surface area contributed by atoms with Gasteiger partial charge in [-0.15, -0.1) is 37.2 Å². The van der Waals surface area contributed by atoms with E-state index in [0.29, 0.717) is 10.8 Å². The first-order valence-corrected chi connectivity index (χ1v) is 11.1. The van der Waals surface area contributed by atoms with Crippen LogP contribution >= 0.6 is 60.6 Å². The van der Waals surface area contributed by atoms with E-state index in [-0.39, 0.29) is 48.7 Å². The molecule has 12 heteroatoms. The highest BCUT2D eigenvalue weighted by molar-refractivity contribution is 7.99. The van der Waals surface area contributed by atoms with Crippen LogP contribution in [0, 0.1) is 5.41 Å². The highest BCUT2D eigenvalue weighted by Crippen LogP contribution is 2.50. The van der Waals surface area contributed by atoms with Crippen LogP contribution < -0.4 is 16.4 Å². The molecule has 2 aliphatic rings.